The third kappa shape index (κ3) is 5.67. The van der Waals surface area contributed by atoms with Gasteiger partial charge in [0.2, 0.25) is 0 Å². The molecular formula is C39H37NS. The summed E-state index contributed by atoms with van der Waals surface area (Å²) >= 11 is 1.90. The Hall–Kier alpha value is -3.88. The summed E-state index contributed by atoms with van der Waals surface area (Å²) in [4.78, 5) is 7.24. The number of benzene rings is 3. The molecule has 0 fully saturated rings. The van der Waals surface area contributed by atoms with Crippen LogP contribution in [0.2, 0.25) is 0 Å². The predicted molar refractivity (Wildman–Crippen MR) is 179 cm³/mol. The van der Waals surface area contributed by atoms with Gasteiger partial charge in [-0.05, 0) is 113 Å². The van der Waals surface area contributed by atoms with Gasteiger partial charge in [-0.3, -0.25) is 4.98 Å². The number of fused-ring (bicyclic) bond motifs is 3. The summed E-state index contributed by atoms with van der Waals surface area (Å²) in [6.07, 6.45) is 25.4. The molecule has 41 heavy (non-hydrogen) atoms. The first-order valence-electron chi connectivity index (χ1n) is 14.8. The molecule has 0 bridgehead atoms. The van der Waals surface area contributed by atoms with Crippen molar-refractivity contribution in [3.05, 3.63) is 141 Å². The highest BCUT2D eigenvalue weighted by Gasteiger charge is 2.15. The first-order chi connectivity index (χ1) is 20.1. The number of aryl methyl sites for hydroxylation is 2. The summed E-state index contributed by atoms with van der Waals surface area (Å²) < 4.78 is 0. The van der Waals surface area contributed by atoms with E-state index in [1.165, 1.54) is 70.0 Å². The Kier molecular flexibility index (Phi) is 8.21. The minimum absolute atomic E-state index is 1.02. The van der Waals surface area contributed by atoms with Gasteiger partial charge in [-0.15, -0.1) is 0 Å². The summed E-state index contributed by atoms with van der Waals surface area (Å²) in [7, 11) is 0. The van der Waals surface area contributed by atoms with E-state index < -0.39 is 0 Å². The quantitative estimate of drug-likeness (QED) is 0.245. The second-order valence-electron chi connectivity index (χ2n) is 10.9. The van der Waals surface area contributed by atoms with Crippen LogP contribution in [-0.4, -0.2) is 4.98 Å². The van der Waals surface area contributed by atoms with Gasteiger partial charge in [0.25, 0.3) is 0 Å². The van der Waals surface area contributed by atoms with E-state index in [0.29, 0.717) is 0 Å². The fourth-order valence-electron chi connectivity index (χ4n) is 5.94. The second kappa shape index (κ2) is 12.3. The Morgan fingerprint density at radius 3 is 2.61 bits per heavy atom. The van der Waals surface area contributed by atoms with Gasteiger partial charge in [0.05, 0.1) is 0 Å². The Balaban J connectivity index is 1.62. The van der Waals surface area contributed by atoms with Gasteiger partial charge >= 0.3 is 0 Å². The van der Waals surface area contributed by atoms with Crippen molar-refractivity contribution < 1.29 is 0 Å². The highest BCUT2D eigenvalue weighted by molar-refractivity contribution is 8.08. The summed E-state index contributed by atoms with van der Waals surface area (Å²) in [5, 5.41) is 5.05. The summed E-state index contributed by atoms with van der Waals surface area (Å²) in [5.41, 5.74) is 9.25. The number of nitrogens with zero attached hydrogens (tertiary/aromatic N) is 1. The number of hydrogen-bond acceptors (Lipinski definition) is 2. The van der Waals surface area contributed by atoms with Crippen molar-refractivity contribution in [1.29, 1.82) is 0 Å². The van der Waals surface area contributed by atoms with Gasteiger partial charge in [-0.2, -0.15) is 0 Å². The Morgan fingerprint density at radius 2 is 1.73 bits per heavy atom. The molecule has 4 aromatic rings. The molecule has 0 saturated carbocycles. The van der Waals surface area contributed by atoms with Crippen LogP contribution in [0.15, 0.2) is 108 Å². The SMILES string of the molecule is CC/C=C\c1c(C)cc(SC2=c3\ccnc\c3=C(c3ccc4c(c3)CCC=C4)\C=C\CC\C=C\2C)c2ccccc12. The van der Waals surface area contributed by atoms with Crippen LogP contribution in [0.1, 0.15) is 67.3 Å². The van der Waals surface area contributed by atoms with Crippen LogP contribution in [0, 0.1) is 6.92 Å². The lowest BCUT2D eigenvalue weighted by Crippen LogP contribution is -2.29. The van der Waals surface area contributed by atoms with E-state index in [1.807, 2.05) is 18.0 Å². The number of pyridine rings is 1. The molecule has 0 unspecified atom stereocenters. The van der Waals surface area contributed by atoms with Crippen LogP contribution in [0.4, 0.5) is 0 Å². The Bertz CT molecular complexity index is 1870. The average Bonchev–Trinajstić information content (AvgIpc) is 3.01. The normalized spacial score (nSPS) is 19.9. The third-order valence-electron chi connectivity index (χ3n) is 8.10. The Morgan fingerprint density at radius 1 is 0.878 bits per heavy atom. The Labute approximate surface area is 248 Å². The standard InChI is InChI=1S/C39H37NS/c1-4-5-16-32-28(3)24-38(35-19-12-11-18-34(32)35)41-39-27(2)13-7-6-8-17-33(37-26-40-23-22-36(37)39)31-21-20-29-14-9-10-15-30(29)25-31/h5,8-9,11-14,16-26H,4,6-7,10,15H2,1-3H3/b16-5-,17-8+,27-13+,37-33+,39-36+. The number of hydrogen-bond donors (Lipinski definition) is 0. The molecule has 0 atom stereocenters. The molecule has 0 radical (unpaired) electrons. The molecule has 6 rings (SSSR count). The zero-order valence-corrected chi connectivity index (χ0v) is 25.1. The zero-order chi connectivity index (χ0) is 28.2. The van der Waals surface area contributed by atoms with Crippen molar-refractivity contribution in [1.82, 2.24) is 4.98 Å². The molecule has 0 aliphatic heterocycles. The van der Waals surface area contributed by atoms with Crippen LogP contribution < -0.4 is 10.4 Å². The molecule has 1 heterocycles. The van der Waals surface area contributed by atoms with E-state index in [9.17, 15) is 0 Å². The lowest BCUT2D eigenvalue weighted by atomic mass is 9.92. The van der Waals surface area contributed by atoms with Crippen molar-refractivity contribution in [3.8, 4) is 0 Å². The number of allylic oxidation sites excluding steroid dienone is 5. The fraction of sp³-hybridized carbons (Fsp3) is 0.205. The minimum Gasteiger partial charge on any atom is -0.264 e. The van der Waals surface area contributed by atoms with E-state index in [-0.39, 0.29) is 0 Å². The molecule has 0 amide bonds. The van der Waals surface area contributed by atoms with Crippen molar-refractivity contribution in [3.63, 3.8) is 0 Å². The molecule has 1 aromatic heterocycles. The van der Waals surface area contributed by atoms with Gasteiger partial charge in [-0.25, -0.2) is 0 Å². The van der Waals surface area contributed by atoms with Crippen LogP contribution in [0.25, 0.3) is 33.4 Å². The summed E-state index contributed by atoms with van der Waals surface area (Å²) in [6.45, 7) is 6.71. The van der Waals surface area contributed by atoms with Crippen LogP contribution in [0.5, 0.6) is 0 Å². The van der Waals surface area contributed by atoms with Gasteiger partial charge in [0.1, 0.15) is 0 Å². The van der Waals surface area contributed by atoms with E-state index in [4.69, 9.17) is 0 Å². The smallest absolute Gasteiger partial charge is 0.0353 e. The monoisotopic (exact) mass is 551 g/mol. The second-order valence-corrected chi connectivity index (χ2v) is 12.0. The summed E-state index contributed by atoms with van der Waals surface area (Å²) in [6, 6.07) is 20.4. The lowest BCUT2D eigenvalue weighted by molar-refractivity contribution is 0.984. The third-order valence-corrected chi connectivity index (χ3v) is 9.41. The highest BCUT2D eigenvalue weighted by Crippen LogP contribution is 2.39. The molecule has 2 aliphatic rings. The first-order valence-corrected chi connectivity index (χ1v) is 15.6. The molecule has 0 saturated heterocycles. The molecule has 0 spiro atoms. The lowest BCUT2D eigenvalue weighted by Gasteiger charge is -2.16. The van der Waals surface area contributed by atoms with E-state index in [0.717, 1.165) is 32.1 Å². The largest absolute Gasteiger partial charge is 0.264 e. The zero-order valence-electron chi connectivity index (χ0n) is 24.3. The molecule has 2 heteroatoms. The maximum absolute atomic E-state index is 4.64. The van der Waals surface area contributed by atoms with Gasteiger partial charge in [0.15, 0.2) is 0 Å². The number of thioether (sulfide) groups is 1. The van der Waals surface area contributed by atoms with Crippen molar-refractivity contribution in [2.24, 2.45) is 0 Å². The van der Waals surface area contributed by atoms with E-state index in [1.54, 1.807) is 0 Å². The van der Waals surface area contributed by atoms with Gasteiger partial charge < -0.3 is 0 Å². The van der Waals surface area contributed by atoms with Crippen molar-refractivity contribution in [2.75, 3.05) is 0 Å². The van der Waals surface area contributed by atoms with Gasteiger partial charge in [0, 0.05) is 27.4 Å². The maximum Gasteiger partial charge on any atom is 0.0353 e. The van der Waals surface area contributed by atoms with Gasteiger partial charge in [-0.1, -0.05) is 104 Å². The fourth-order valence-corrected chi connectivity index (χ4v) is 7.21. The molecule has 204 valence electrons. The molecular weight excluding hydrogens is 515 g/mol. The van der Waals surface area contributed by atoms with Crippen molar-refractivity contribution in [2.45, 2.75) is 57.8 Å². The number of aromatic nitrogens is 1. The maximum atomic E-state index is 4.64. The van der Waals surface area contributed by atoms with E-state index in [2.05, 4.69) is 129 Å². The average molecular weight is 552 g/mol. The molecule has 2 aliphatic carbocycles. The topological polar surface area (TPSA) is 12.9 Å². The number of rotatable bonds is 5. The van der Waals surface area contributed by atoms with E-state index >= 15 is 0 Å². The minimum atomic E-state index is 1.02. The van der Waals surface area contributed by atoms with Crippen LogP contribution in [-0.2, 0) is 6.42 Å². The van der Waals surface area contributed by atoms with Crippen molar-refractivity contribution >= 4 is 45.2 Å². The molecule has 1 nitrogen and oxygen atoms in total. The molecule has 0 N–H and O–H groups in total. The van der Waals surface area contributed by atoms with Crippen LogP contribution in [0.3, 0.4) is 0 Å². The summed E-state index contributed by atoms with van der Waals surface area (Å²) in [5.74, 6) is 0. The first kappa shape index (κ1) is 27.3. The molecule has 3 aromatic carbocycles. The van der Waals surface area contributed by atoms with Crippen LogP contribution >= 0.6 is 11.8 Å². The predicted octanol–water partition coefficient (Wildman–Crippen LogP) is 9.32. The highest BCUT2D eigenvalue weighted by atomic mass is 32.2.